The van der Waals surface area contributed by atoms with E-state index in [-0.39, 0.29) is 24.3 Å². The molecule has 0 fully saturated rings. The predicted molar refractivity (Wildman–Crippen MR) is 124 cm³/mol. The van der Waals surface area contributed by atoms with Crippen molar-refractivity contribution in [2.45, 2.75) is 25.4 Å². The molecule has 1 amide bonds. The highest BCUT2D eigenvalue weighted by Gasteiger charge is 2.33. The third-order valence-corrected chi connectivity index (χ3v) is 6.35. The highest BCUT2D eigenvalue weighted by molar-refractivity contribution is 6.09. The van der Waals surface area contributed by atoms with E-state index in [9.17, 15) is 9.18 Å². The molecule has 0 saturated carbocycles. The van der Waals surface area contributed by atoms with Crippen LogP contribution in [0, 0.1) is 5.82 Å². The Kier molecular flexibility index (Phi) is 5.36. The predicted octanol–water partition coefficient (Wildman–Crippen LogP) is 5.80. The smallest absolute Gasteiger partial charge is 0.258 e. The average molecular weight is 426 g/mol. The Morgan fingerprint density at radius 1 is 0.906 bits per heavy atom. The van der Waals surface area contributed by atoms with Gasteiger partial charge in [-0.3, -0.25) is 4.79 Å². The minimum atomic E-state index is -0.300. The molecule has 0 aliphatic heterocycles. The zero-order valence-electron chi connectivity index (χ0n) is 17.9. The number of halogens is 1. The SMILES string of the molecule is COc1ccc2ccccc2c1C(=O)N(Cc1ccccc1F)C1Cc2ccccc2C1. The third-order valence-electron chi connectivity index (χ3n) is 6.35. The van der Waals surface area contributed by atoms with Crippen LogP contribution in [0.4, 0.5) is 4.39 Å². The summed E-state index contributed by atoms with van der Waals surface area (Å²) in [6.07, 6.45) is 1.51. The van der Waals surface area contributed by atoms with Crippen molar-refractivity contribution >= 4 is 16.7 Å². The van der Waals surface area contributed by atoms with Crippen molar-refractivity contribution in [2.75, 3.05) is 7.11 Å². The number of rotatable bonds is 5. The first-order valence-electron chi connectivity index (χ1n) is 10.8. The number of fused-ring (bicyclic) bond motifs is 2. The summed E-state index contributed by atoms with van der Waals surface area (Å²) >= 11 is 0. The molecule has 0 heterocycles. The maximum Gasteiger partial charge on any atom is 0.258 e. The van der Waals surface area contributed by atoms with Gasteiger partial charge in [0.15, 0.2) is 0 Å². The first kappa shape index (κ1) is 20.3. The molecule has 1 aliphatic carbocycles. The van der Waals surface area contributed by atoms with E-state index in [1.165, 1.54) is 17.2 Å². The number of ether oxygens (including phenoxy) is 1. The van der Waals surface area contributed by atoms with Gasteiger partial charge in [-0.2, -0.15) is 0 Å². The first-order chi connectivity index (χ1) is 15.7. The van der Waals surface area contributed by atoms with E-state index >= 15 is 0 Å². The van der Waals surface area contributed by atoms with Gasteiger partial charge in [-0.05, 0) is 46.9 Å². The van der Waals surface area contributed by atoms with Gasteiger partial charge < -0.3 is 9.64 Å². The number of benzene rings is 4. The van der Waals surface area contributed by atoms with E-state index in [4.69, 9.17) is 4.74 Å². The largest absolute Gasteiger partial charge is 0.496 e. The van der Waals surface area contributed by atoms with Crippen molar-refractivity contribution in [3.63, 3.8) is 0 Å². The summed E-state index contributed by atoms with van der Waals surface area (Å²) in [5.74, 6) is 0.0909. The van der Waals surface area contributed by atoms with Gasteiger partial charge in [0.25, 0.3) is 5.91 Å². The molecule has 0 atom stereocenters. The van der Waals surface area contributed by atoms with Crippen LogP contribution in [0.25, 0.3) is 10.8 Å². The Bertz CT molecular complexity index is 1270. The van der Waals surface area contributed by atoms with Gasteiger partial charge in [0.05, 0.1) is 12.7 Å². The molecule has 4 aromatic carbocycles. The van der Waals surface area contributed by atoms with Crippen molar-refractivity contribution in [1.29, 1.82) is 0 Å². The summed E-state index contributed by atoms with van der Waals surface area (Å²) in [7, 11) is 1.58. The molecule has 0 saturated heterocycles. The lowest BCUT2D eigenvalue weighted by Crippen LogP contribution is -2.41. The lowest BCUT2D eigenvalue weighted by molar-refractivity contribution is 0.0664. The van der Waals surface area contributed by atoms with Crippen LogP contribution in [0.1, 0.15) is 27.0 Å². The van der Waals surface area contributed by atoms with Gasteiger partial charge in [-0.15, -0.1) is 0 Å². The third kappa shape index (κ3) is 3.62. The molecule has 0 aromatic heterocycles. The molecule has 4 aromatic rings. The number of carbonyl (C=O) groups is 1. The van der Waals surface area contributed by atoms with Gasteiger partial charge in [0, 0.05) is 18.2 Å². The maximum absolute atomic E-state index is 14.6. The summed E-state index contributed by atoms with van der Waals surface area (Å²) in [6, 6.07) is 26.5. The van der Waals surface area contributed by atoms with Crippen LogP contribution in [-0.2, 0) is 19.4 Å². The van der Waals surface area contributed by atoms with Crippen LogP contribution in [0.5, 0.6) is 5.75 Å². The zero-order valence-corrected chi connectivity index (χ0v) is 17.9. The Hall–Kier alpha value is -3.66. The van der Waals surface area contributed by atoms with E-state index in [0.717, 1.165) is 23.6 Å². The topological polar surface area (TPSA) is 29.5 Å². The number of nitrogens with zero attached hydrogens (tertiary/aromatic N) is 1. The second-order valence-corrected chi connectivity index (χ2v) is 8.22. The van der Waals surface area contributed by atoms with E-state index in [2.05, 4.69) is 12.1 Å². The summed E-state index contributed by atoms with van der Waals surface area (Å²) in [6.45, 7) is 0.205. The van der Waals surface area contributed by atoms with Crippen LogP contribution in [0.2, 0.25) is 0 Å². The van der Waals surface area contributed by atoms with Crippen LogP contribution in [0.3, 0.4) is 0 Å². The highest BCUT2D eigenvalue weighted by atomic mass is 19.1. The Morgan fingerprint density at radius 2 is 1.56 bits per heavy atom. The molecule has 1 aliphatic rings. The molecule has 0 bridgehead atoms. The molecule has 160 valence electrons. The van der Waals surface area contributed by atoms with Gasteiger partial charge in [0.2, 0.25) is 0 Å². The van der Waals surface area contributed by atoms with E-state index in [0.29, 0.717) is 16.9 Å². The summed E-state index contributed by atoms with van der Waals surface area (Å²) in [5.41, 5.74) is 3.52. The lowest BCUT2D eigenvalue weighted by atomic mass is 10.0. The van der Waals surface area contributed by atoms with Crippen molar-refractivity contribution in [3.8, 4) is 5.75 Å². The van der Waals surface area contributed by atoms with Crippen molar-refractivity contribution in [3.05, 3.63) is 113 Å². The van der Waals surface area contributed by atoms with Crippen LogP contribution in [-0.4, -0.2) is 24.0 Å². The van der Waals surface area contributed by atoms with Crippen molar-refractivity contribution in [2.24, 2.45) is 0 Å². The zero-order chi connectivity index (χ0) is 22.1. The molecular weight excluding hydrogens is 401 g/mol. The Balaban J connectivity index is 1.60. The minimum absolute atomic E-state index is 0.0526. The standard InChI is InChI=1S/C28H24FNO2/c1-32-26-15-14-19-8-4-6-12-24(19)27(26)28(31)30(18-22-11-5-7-13-25(22)29)23-16-20-9-2-3-10-21(20)17-23/h2-15,23H,16-18H2,1H3. The molecule has 0 N–H and O–H groups in total. The van der Waals surface area contributed by atoms with Crippen LogP contribution < -0.4 is 4.74 Å². The number of carbonyl (C=O) groups excluding carboxylic acids is 1. The summed E-state index contributed by atoms with van der Waals surface area (Å²) in [5, 5.41) is 1.81. The minimum Gasteiger partial charge on any atom is -0.496 e. The number of hydrogen-bond acceptors (Lipinski definition) is 2. The van der Waals surface area contributed by atoms with Crippen molar-refractivity contribution in [1.82, 2.24) is 4.90 Å². The van der Waals surface area contributed by atoms with E-state index in [1.807, 2.05) is 59.5 Å². The normalized spacial score (nSPS) is 13.2. The number of amides is 1. The van der Waals surface area contributed by atoms with Gasteiger partial charge >= 0.3 is 0 Å². The molecule has 4 heteroatoms. The molecule has 32 heavy (non-hydrogen) atoms. The maximum atomic E-state index is 14.6. The molecule has 0 spiro atoms. The van der Waals surface area contributed by atoms with Crippen molar-refractivity contribution < 1.29 is 13.9 Å². The Labute approximate surface area is 187 Å². The second-order valence-electron chi connectivity index (χ2n) is 8.22. The quantitative estimate of drug-likeness (QED) is 0.405. The fourth-order valence-corrected chi connectivity index (χ4v) is 4.72. The molecule has 0 radical (unpaired) electrons. The fraction of sp³-hybridized carbons (Fsp3) is 0.179. The van der Waals surface area contributed by atoms with Gasteiger partial charge in [-0.1, -0.05) is 72.8 Å². The van der Waals surface area contributed by atoms with Gasteiger partial charge in [0.1, 0.15) is 11.6 Å². The highest BCUT2D eigenvalue weighted by Crippen LogP contribution is 2.33. The van der Waals surface area contributed by atoms with Crippen LogP contribution in [0.15, 0.2) is 84.9 Å². The second kappa shape index (κ2) is 8.46. The van der Waals surface area contributed by atoms with Gasteiger partial charge in [-0.25, -0.2) is 4.39 Å². The summed E-state index contributed by atoms with van der Waals surface area (Å²) < 4.78 is 20.2. The van der Waals surface area contributed by atoms with Crippen LogP contribution >= 0.6 is 0 Å². The van der Waals surface area contributed by atoms with E-state index < -0.39 is 0 Å². The monoisotopic (exact) mass is 425 g/mol. The molecular formula is C28H24FNO2. The number of hydrogen-bond donors (Lipinski definition) is 0. The average Bonchev–Trinajstić information content (AvgIpc) is 3.26. The summed E-state index contributed by atoms with van der Waals surface area (Å²) in [4.78, 5) is 15.9. The Morgan fingerprint density at radius 3 is 2.28 bits per heavy atom. The molecule has 3 nitrogen and oxygen atoms in total. The number of methoxy groups -OCH3 is 1. The first-order valence-corrected chi connectivity index (χ1v) is 10.8. The fourth-order valence-electron chi connectivity index (χ4n) is 4.72. The molecule has 5 rings (SSSR count). The van der Waals surface area contributed by atoms with E-state index in [1.54, 1.807) is 19.2 Å². The molecule has 0 unspecified atom stereocenters. The lowest BCUT2D eigenvalue weighted by Gasteiger charge is -2.30.